The van der Waals surface area contributed by atoms with Crippen molar-refractivity contribution in [2.24, 2.45) is 0 Å². The summed E-state index contributed by atoms with van der Waals surface area (Å²) >= 11 is 5.03. The molecule has 0 fully saturated rings. The van der Waals surface area contributed by atoms with E-state index in [1.807, 2.05) is 42.6 Å². The summed E-state index contributed by atoms with van der Waals surface area (Å²) in [6, 6.07) is 11.4. The number of hydrogen-bond donors (Lipinski definition) is 0. The Kier molecular flexibility index (Phi) is 4.72. The van der Waals surface area contributed by atoms with Gasteiger partial charge in [-0.25, -0.2) is 14.4 Å². The molecule has 2 aromatic carbocycles. The van der Waals surface area contributed by atoms with Crippen molar-refractivity contribution in [3.05, 3.63) is 85.0 Å². The fraction of sp³-hybridized carbons (Fsp3) is 0.0500. The lowest BCUT2D eigenvalue weighted by atomic mass is 10.2. The monoisotopic (exact) mass is 441 g/mol. The molecule has 0 bridgehead atoms. The first-order valence-corrected chi connectivity index (χ1v) is 9.77. The normalized spacial score (nSPS) is 11.5. The number of nitrogens with zero attached hydrogens (tertiary/aromatic N) is 3. The van der Waals surface area contributed by atoms with Crippen LogP contribution in [0, 0.1) is 12.7 Å². The van der Waals surface area contributed by atoms with E-state index >= 15 is 0 Å². The van der Waals surface area contributed by atoms with Crippen LogP contribution >= 0.6 is 27.3 Å². The Morgan fingerprint density at radius 3 is 2.70 bits per heavy atom. The fourth-order valence-corrected chi connectivity index (χ4v) is 3.81. The number of para-hydroxylation sites is 1. The number of halogens is 2. The highest BCUT2D eigenvalue weighted by molar-refractivity contribution is 9.10. The molecule has 0 N–H and O–H groups in total. The molecule has 0 aliphatic heterocycles. The molecular weight excluding hydrogens is 429 g/mol. The molecule has 2 aromatic heterocycles. The van der Waals surface area contributed by atoms with E-state index in [1.165, 1.54) is 22.8 Å². The number of hydrogen-bond acceptors (Lipinski definition) is 4. The molecule has 4 aromatic rings. The van der Waals surface area contributed by atoms with Gasteiger partial charge in [-0.2, -0.15) is 0 Å². The van der Waals surface area contributed by atoms with Crippen LogP contribution in [0.15, 0.2) is 57.1 Å². The van der Waals surface area contributed by atoms with Gasteiger partial charge in [0, 0.05) is 9.85 Å². The van der Waals surface area contributed by atoms with E-state index in [0.717, 1.165) is 15.2 Å². The van der Waals surface area contributed by atoms with Crippen LogP contribution in [0.25, 0.3) is 28.7 Å². The second kappa shape index (κ2) is 7.17. The van der Waals surface area contributed by atoms with Crippen LogP contribution in [0.4, 0.5) is 4.39 Å². The highest BCUT2D eigenvalue weighted by Crippen LogP contribution is 2.23. The van der Waals surface area contributed by atoms with Crippen molar-refractivity contribution >= 4 is 50.3 Å². The van der Waals surface area contributed by atoms with E-state index in [4.69, 9.17) is 0 Å². The van der Waals surface area contributed by atoms with E-state index in [0.29, 0.717) is 17.0 Å². The first-order chi connectivity index (χ1) is 13.0. The van der Waals surface area contributed by atoms with Gasteiger partial charge in [0.2, 0.25) is 0 Å². The number of aromatic nitrogens is 3. The van der Waals surface area contributed by atoms with E-state index in [-0.39, 0.29) is 10.9 Å². The van der Waals surface area contributed by atoms with E-state index < -0.39 is 5.82 Å². The molecule has 0 radical (unpaired) electrons. The van der Waals surface area contributed by atoms with Crippen LogP contribution in [-0.2, 0) is 0 Å². The molecule has 27 heavy (non-hydrogen) atoms. The molecule has 0 saturated heterocycles. The number of benzene rings is 2. The van der Waals surface area contributed by atoms with Crippen molar-refractivity contribution in [2.75, 3.05) is 0 Å². The Morgan fingerprint density at radius 1 is 1.15 bits per heavy atom. The van der Waals surface area contributed by atoms with E-state index in [1.54, 1.807) is 17.4 Å². The first kappa shape index (κ1) is 17.8. The topological polar surface area (TPSA) is 47.8 Å². The van der Waals surface area contributed by atoms with E-state index in [9.17, 15) is 9.18 Å². The summed E-state index contributed by atoms with van der Waals surface area (Å²) in [5.41, 5.74) is 1.54. The lowest BCUT2D eigenvalue weighted by Crippen LogP contribution is -2.22. The van der Waals surface area contributed by atoms with Crippen molar-refractivity contribution < 1.29 is 4.39 Å². The van der Waals surface area contributed by atoms with Gasteiger partial charge >= 0.3 is 0 Å². The zero-order chi connectivity index (χ0) is 19.0. The molecular formula is C20H13BrFN3OS. The fourth-order valence-electron chi connectivity index (χ4n) is 2.77. The smallest absolute Gasteiger partial charge is 0.266 e. The molecule has 0 spiro atoms. The molecule has 7 heteroatoms. The number of aryl methyl sites for hydroxylation is 1. The molecule has 0 saturated carbocycles. The number of fused-ring (bicyclic) bond motifs is 1. The summed E-state index contributed by atoms with van der Waals surface area (Å²) in [5.74, 6) is -0.0296. The average molecular weight is 442 g/mol. The molecule has 0 atom stereocenters. The van der Waals surface area contributed by atoms with Gasteiger partial charge in [0.1, 0.15) is 11.6 Å². The van der Waals surface area contributed by atoms with Crippen LogP contribution in [-0.4, -0.2) is 14.5 Å². The highest BCUT2D eigenvalue weighted by atomic mass is 79.9. The maximum absolute atomic E-state index is 13.7. The first-order valence-electron chi connectivity index (χ1n) is 8.10. The Balaban J connectivity index is 2.00. The minimum atomic E-state index is -0.471. The Morgan fingerprint density at radius 2 is 1.96 bits per heavy atom. The zero-order valence-electron chi connectivity index (χ0n) is 14.2. The molecule has 0 aliphatic carbocycles. The van der Waals surface area contributed by atoms with E-state index in [2.05, 4.69) is 25.9 Å². The van der Waals surface area contributed by atoms with Gasteiger partial charge in [-0.15, -0.1) is 11.3 Å². The third kappa shape index (κ3) is 3.48. The minimum absolute atomic E-state index is 0.229. The van der Waals surface area contributed by atoms with Crippen LogP contribution in [0.2, 0.25) is 0 Å². The third-order valence-corrected chi connectivity index (χ3v) is 5.45. The maximum atomic E-state index is 13.7. The maximum Gasteiger partial charge on any atom is 0.266 e. The van der Waals surface area contributed by atoms with Crippen LogP contribution in [0.5, 0.6) is 0 Å². The molecule has 4 nitrogen and oxygen atoms in total. The van der Waals surface area contributed by atoms with Gasteiger partial charge in [0.05, 0.1) is 27.3 Å². The van der Waals surface area contributed by atoms with Gasteiger partial charge < -0.3 is 0 Å². The summed E-state index contributed by atoms with van der Waals surface area (Å²) in [4.78, 5) is 22.1. The van der Waals surface area contributed by atoms with Gasteiger partial charge in [-0.05, 0) is 65.3 Å². The van der Waals surface area contributed by atoms with Gasteiger partial charge in [-0.1, -0.05) is 12.1 Å². The van der Waals surface area contributed by atoms with Crippen molar-refractivity contribution in [1.29, 1.82) is 0 Å². The molecule has 2 heterocycles. The molecule has 134 valence electrons. The lowest BCUT2D eigenvalue weighted by Gasteiger charge is -2.13. The molecule has 0 unspecified atom stereocenters. The molecule has 0 aliphatic rings. The van der Waals surface area contributed by atoms with Crippen molar-refractivity contribution in [3.63, 3.8) is 0 Å². The summed E-state index contributed by atoms with van der Waals surface area (Å²) < 4.78 is 15.9. The lowest BCUT2D eigenvalue weighted by molar-refractivity contribution is 0.629. The number of thiazole rings is 1. The quantitative estimate of drug-likeness (QED) is 0.437. The van der Waals surface area contributed by atoms with Gasteiger partial charge in [0.15, 0.2) is 0 Å². The minimum Gasteiger partial charge on any atom is -0.268 e. The Hall–Kier alpha value is -2.64. The van der Waals surface area contributed by atoms with Crippen molar-refractivity contribution in [1.82, 2.24) is 14.5 Å². The summed E-state index contributed by atoms with van der Waals surface area (Å²) in [6.07, 6.45) is 3.56. The third-order valence-electron chi connectivity index (χ3n) is 3.99. The average Bonchev–Trinajstić information content (AvgIpc) is 3.07. The molecule has 0 amide bonds. The second-order valence-electron chi connectivity index (χ2n) is 5.85. The summed E-state index contributed by atoms with van der Waals surface area (Å²) in [7, 11) is 0. The largest absolute Gasteiger partial charge is 0.268 e. The number of rotatable bonds is 3. The molecule has 4 rings (SSSR count). The second-order valence-corrected chi connectivity index (χ2v) is 7.76. The standard InChI is InChI=1S/C20H13BrFN3OS/c1-12-23-14(11-27-12)7-9-19-24-17-8-6-13(22)10-15(17)20(26)25(19)18-5-3-2-4-16(18)21/h2-11H,1H3. The van der Waals surface area contributed by atoms with Crippen LogP contribution in [0.1, 0.15) is 16.5 Å². The predicted molar refractivity (Wildman–Crippen MR) is 111 cm³/mol. The summed E-state index contributed by atoms with van der Waals surface area (Å²) in [5, 5.41) is 3.12. The Labute approximate surface area is 166 Å². The van der Waals surface area contributed by atoms with Crippen LogP contribution < -0.4 is 5.56 Å². The Bertz CT molecular complexity index is 1250. The zero-order valence-corrected chi connectivity index (χ0v) is 16.6. The summed E-state index contributed by atoms with van der Waals surface area (Å²) in [6.45, 7) is 1.93. The van der Waals surface area contributed by atoms with Crippen molar-refractivity contribution in [2.45, 2.75) is 6.92 Å². The van der Waals surface area contributed by atoms with Gasteiger partial charge in [0.25, 0.3) is 5.56 Å². The highest BCUT2D eigenvalue weighted by Gasteiger charge is 2.14. The van der Waals surface area contributed by atoms with Gasteiger partial charge in [-0.3, -0.25) is 9.36 Å². The van der Waals surface area contributed by atoms with Crippen molar-refractivity contribution in [3.8, 4) is 5.69 Å². The predicted octanol–water partition coefficient (Wildman–Crippen LogP) is 5.22. The van der Waals surface area contributed by atoms with Crippen LogP contribution in [0.3, 0.4) is 0 Å². The SMILES string of the molecule is Cc1nc(C=Cc2nc3ccc(F)cc3c(=O)n2-c2ccccc2Br)cs1.